The van der Waals surface area contributed by atoms with Crippen LogP contribution in [0.4, 0.5) is 0 Å². The number of aromatic nitrogens is 1. The molecule has 3 rings (SSSR count). The lowest BCUT2D eigenvalue weighted by molar-refractivity contribution is 0.293. The molecule has 0 unspecified atom stereocenters. The highest BCUT2D eigenvalue weighted by Crippen LogP contribution is 2.42. The van der Waals surface area contributed by atoms with Crippen LogP contribution in [0.25, 0.3) is 0 Å². The van der Waals surface area contributed by atoms with Crippen LogP contribution in [-0.4, -0.2) is 52.7 Å². The van der Waals surface area contributed by atoms with Gasteiger partial charge in [0, 0.05) is 42.2 Å². The van der Waals surface area contributed by atoms with Crippen molar-refractivity contribution in [2.45, 2.75) is 70.5 Å². The van der Waals surface area contributed by atoms with Gasteiger partial charge in [-0.05, 0) is 46.5 Å². The third-order valence-corrected chi connectivity index (χ3v) is 7.21. The van der Waals surface area contributed by atoms with Gasteiger partial charge in [0.15, 0.2) is 5.96 Å². The van der Waals surface area contributed by atoms with Gasteiger partial charge in [-0.15, -0.1) is 24.0 Å². The maximum atomic E-state index is 5.26. The summed E-state index contributed by atoms with van der Waals surface area (Å²) in [7, 11) is 0. The molecule has 7 heteroatoms. The summed E-state index contributed by atoms with van der Waals surface area (Å²) in [6.45, 7) is 10.2. The minimum Gasteiger partial charge on any atom is -0.361 e. The first-order chi connectivity index (χ1) is 12.6. The van der Waals surface area contributed by atoms with Gasteiger partial charge >= 0.3 is 0 Å². The molecule has 27 heavy (non-hydrogen) atoms. The van der Waals surface area contributed by atoms with E-state index in [9.17, 15) is 0 Å². The highest BCUT2D eigenvalue weighted by Gasteiger charge is 2.38. The topological polar surface area (TPSA) is 53.7 Å². The molecule has 0 aromatic carbocycles. The van der Waals surface area contributed by atoms with Crippen molar-refractivity contribution in [1.29, 1.82) is 0 Å². The lowest BCUT2D eigenvalue weighted by atomic mass is 9.87. The molecule has 2 aliphatic rings. The zero-order valence-electron chi connectivity index (χ0n) is 17.1. The minimum absolute atomic E-state index is 0. The van der Waals surface area contributed by atoms with E-state index in [2.05, 4.69) is 34.1 Å². The molecule has 0 amide bonds. The van der Waals surface area contributed by atoms with E-state index in [-0.39, 0.29) is 24.0 Å². The Morgan fingerprint density at radius 3 is 2.74 bits per heavy atom. The fraction of sp³-hybridized carbons (Fsp3) is 0.800. The molecule has 5 nitrogen and oxygen atoms in total. The number of nitrogens with zero attached hydrogens (tertiary/aromatic N) is 3. The molecule has 1 aliphatic carbocycles. The van der Waals surface area contributed by atoms with Gasteiger partial charge in [0.05, 0.1) is 5.69 Å². The number of nitrogens with one attached hydrogen (secondary N) is 1. The van der Waals surface area contributed by atoms with Crippen molar-refractivity contribution in [2.75, 3.05) is 31.9 Å². The van der Waals surface area contributed by atoms with Crippen LogP contribution in [0.3, 0.4) is 0 Å². The van der Waals surface area contributed by atoms with E-state index in [4.69, 9.17) is 9.52 Å². The molecule has 0 atom stereocenters. The van der Waals surface area contributed by atoms with Gasteiger partial charge in [0.1, 0.15) is 5.76 Å². The number of thioether (sulfide) groups is 1. The largest absolute Gasteiger partial charge is 0.361 e. The van der Waals surface area contributed by atoms with Crippen LogP contribution in [0, 0.1) is 13.8 Å². The molecule has 0 radical (unpaired) electrons. The highest BCUT2D eigenvalue weighted by molar-refractivity contribution is 14.0. The summed E-state index contributed by atoms with van der Waals surface area (Å²) < 4.78 is 5.74. The molecule has 1 saturated heterocycles. The smallest absolute Gasteiger partial charge is 0.193 e. The highest BCUT2D eigenvalue weighted by atomic mass is 127. The van der Waals surface area contributed by atoms with Crippen molar-refractivity contribution in [3.63, 3.8) is 0 Å². The molecule has 1 aliphatic heterocycles. The van der Waals surface area contributed by atoms with Crippen LogP contribution >= 0.6 is 35.7 Å². The van der Waals surface area contributed by atoms with Crippen molar-refractivity contribution in [3.8, 4) is 0 Å². The van der Waals surface area contributed by atoms with Crippen LogP contribution in [-0.2, 0) is 6.42 Å². The monoisotopic (exact) mass is 506 g/mol. The van der Waals surface area contributed by atoms with Gasteiger partial charge in [-0.25, -0.2) is 0 Å². The van der Waals surface area contributed by atoms with Crippen molar-refractivity contribution in [1.82, 2.24) is 15.4 Å². The number of aryl methyl sites for hydroxylation is 2. The number of halogens is 1. The fourth-order valence-corrected chi connectivity index (χ4v) is 5.82. The van der Waals surface area contributed by atoms with Gasteiger partial charge in [0.25, 0.3) is 0 Å². The first-order valence-corrected chi connectivity index (χ1v) is 11.2. The molecule has 1 aromatic rings. The predicted molar refractivity (Wildman–Crippen MR) is 126 cm³/mol. The number of aliphatic imine (C=N–C) groups is 1. The maximum absolute atomic E-state index is 5.26. The molecule has 2 heterocycles. The summed E-state index contributed by atoms with van der Waals surface area (Å²) in [5, 5.41) is 7.57. The predicted octanol–water partition coefficient (Wildman–Crippen LogP) is 4.56. The van der Waals surface area contributed by atoms with Gasteiger partial charge in [0.2, 0.25) is 0 Å². The zero-order chi connectivity index (χ0) is 18.4. The number of guanidine groups is 1. The summed E-state index contributed by atoms with van der Waals surface area (Å²) in [4.78, 5) is 7.46. The Labute approximate surface area is 185 Å². The summed E-state index contributed by atoms with van der Waals surface area (Å²) in [6, 6.07) is 0. The van der Waals surface area contributed by atoms with Crippen LogP contribution in [0.2, 0.25) is 0 Å². The average molecular weight is 506 g/mol. The minimum atomic E-state index is 0. The number of hydrogen-bond donors (Lipinski definition) is 1. The van der Waals surface area contributed by atoms with Crippen LogP contribution in [0.1, 0.15) is 62.5 Å². The van der Waals surface area contributed by atoms with Gasteiger partial charge in [-0.1, -0.05) is 24.4 Å². The second-order valence-electron chi connectivity index (χ2n) is 7.66. The molecule has 0 bridgehead atoms. The van der Waals surface area contributed by atoms with Crippen molar-refractivity contribution < 1.29 is 4.52 Å². The third-order valence-electron chi connectivity index (χ3n) is 5.68. The summed E-state index contributed by atoms with van der Waals surface area (Å²) in [5.41, 5.74) is 2.27. The zero-order valence-corrected chi connectivity index (χ0v) is 20.2. The first-order valence-electron chi connectivity index (χ1n) is 10.2. The average Bonchev–Trinajstić information content (AvgIpc) is 2.96. The molecular weight excluding hydrogens is 471 g/mol. The Morgan fingerprint density at radius 1 is 1.30 bits per heavy atom. The van der Waals surface area contributed by atoms with E-state index in [0.29, 0.717) is 4.75 Å². The quantitative estimate of drug-likeness (QED) is 0.275. The molecule has 1 spiro atoms. The lowest BCUT2D eigenvalue weighted by Gasteiger charge is -2.45. The number of rotatable bonds is 5. The van der Waals surface area contributed by atoms with Gasteiger partial charge in [-0.2, -0.15) is 11.8 Å². The van der Waals surface area contributed by atoms with Crippen molar-refractivity contribution >= 4 is 41.7 Å². The van der Waals surface area contributed by atoms with Crippen LogP contribution < -0.4 is 5.32 Å². The molecule has 1 N–H and O–H groups in total. The molecular formula is C20H35IN4OS. The van der Waals surface area contributed by atoms with Gasteiger partial charge in [-0.3, -0.25) is 4.99 Å². The SMILES string of the molecule is CCNC(=NCCCc1c(C)noc1C)N1CCSC2(CCCCC2)C1.I. The Balaban J connectivity index is 0.00000261. The first kappa shape index (κ1) is 22.8. The number of hydrogen-bond acceptors (Lipinski definition) is 4. The lowest BCUT2D eigenvalue weighted by Crippen LogP contribution is -2.53. The second kappa shape index (κ2) is 10.9. The van der Waals surface area contributed by atoms with Crippen LogP contribution in [0.5, 0.6) is 0 Å². The Kier molecular flexibility index (Phi) is 9.25. The van der Waals surface area contributed by atoms with E-state index in [1.807, 2.05) is 13.8 Å². The van der Waals surface area contributed by atoms with Crippen LogP contribution in [0.15, 0.2) is 9.52 Å². The Morgan fingerprint density at radius 2 is 2.07 bits per heavy atom. The summed E-state index contributed by atoms with van der Waals surface area (Å²) in [5.74, 6) is 3.28. The Bertz CT molecular complexity index is 588. The van der Waals surface area contributed by atoms with E-state index >= 15 is 0 Å². The molecule has 1 saturated carbocycles. The molecule has 1 aromatic heterocycles. The molecule has 2 fully saturated rings. The summed E-state index contributed by atoms with van der Waals surface area (Å²) >= 11 is 2.21. The third kappa shape index (κ3) is 6.02. The summed E-state index contributed by atoms with van der Waals surface area (Å²) in [6.07, 6.45) is 8.98. The fourth-order valence-electron chi connectivity index (χ4n) is 4.25. The second-order valence-corrected chi connectivity index (χ2v) is 9.22. The Hall–Kier alpha value is -0.440. The normalized spacial score (nSPS) is 19.8. The molecule has 154 valence electrons. The van der Waals surface area contributed by atoms with E-state index in [1.165, 1.54) is 43.4 Å². The van der Waals surface area contributed by atoms with Crippen molar-refractivity contribution in [3.05, 3.63) is 17.0 Å². The van der Waals surface area contributed by atoms with E-state index < -0.39 is 0 Å². The van der Waals surface area contributed by atoms with Crippen molar-refractivity contribution in [2.24, 2.45) is 4.99 Å². The van der Waals surface area contributed by atoms with Gasteiger partial charge < -0.3 is 14.7 Å². The maximum Gasteiger partial charge on any atom is 0.193 e. The standard InChI is InChI=1S/C20H34N4OS.HI/c1-4-21-19(22-12-8-9-18-16(2)23-25-17(18)3)24-13-14-26-20(15-24)10-6-5-7-11-20;/h4-15H2,1-3H3,(H,21,22);1H. The van der Waals surface area contributed by atoms with E-state index in [1.54, 1.807) is 0 Å². The van der Waals surface area contributed by atoms with E-state index in [0.717, 1.165) is 56.4 Å².